The molecule has 1 heteroatoms. The maximum atomic E-state index is 12.4. The molecule has 0 fully saturated rings. The van der Waals surface area contributed by atoms with Crippen LogP contribution in [0.4, 0.5) is 4.39 Å². The van der Waals surface area contributed by atoms with E-state index in [9.17, 15) is 4.39 Å². The summed E-state index contributed by atoms with van der Waals surface area (Å²) in [7, 11) is 0. The van der Waals surface area contributed by atoms with Crippen LogP contribution in [0.5, 0.6) is 0 Å². The molecule has 0 aliphatic heterocycles. The molecule has 11 heavy (non-hydrogen) atoms. The summed E-state index contributed by atoms with van der Waals surface area (Å²) in [5.74, 6) is -0.127. The average Bonchev–Trinajstić information content (AvgIpc) is 2.18. The summed E-state index contributed by atoms with van der Waals surface area (Å²) in [4.78, 5) is 0. The van der Waals surface area contributed by atoms with Crippen LogP contribution >= 0.6 is 0 Å². The first-order chi connectivity index (χ1) is 5.29. The standard InChI is InChI=1S/C8H9F.C2H6/c1-7-4-2-3-5-8(9)6-7;1-2/h2,4-6H,3H2,1H3;1-2H3. The zero-order valence-corrected chi connectivity index (χ0v) is 7.39. The number of rotatable bonds is 0. The second kappa shape index (κ2) is 5.90. The fourth-order valence-corrected chi connectivity index (χ4v) is 0.759. The Morgan fingerprint density at radius 3 is 2.64 bits per heavy atom. The van der Waals surface area contributed by atoms with Gasteiger partial charge >= 0.3 is 0 Å². The maximum absolute atomic E-state index is 12.4. The second-order valence-electron chi connectivity index (χ2n) is 2.12. The normalized spacial score (nSPS) is 15.6. The van der Waals surface area contributed by atoms with Crippen LogP contribution in [0.25, 0.3) is 0 Å². The van der Waals surface area contributed by atoms with E-state index in [0.717, 1.165) is 5.57 Å². The van der Waals surface area contributed by atoms with E-state index in [1.165, 1.54) is 6.08 Å². The van der Waals surface area contributed by atoms with E-state index in [0.29, 0.717) is 6.42 Å². The molecule has 0 saturated heterocycles. The first-order valence-electron chi connectivity index (χ1n) is 3.99. The van der Waals surface area contributed by atoms with Crippen molar-refractivity contribution >= 4 is 0 Å². The molecule has 0 unspecified atom stereocenters. The van der Waals surface area contributed by atoms with Gasteiger partial charge in [0.2, 0.25) is 0 Å². The Hall–Kier alpha value is -0.850. The number of allylic oxidation sites excluding steroid dienone is 6. The Bertz CT molecular complexity index is 185. The molecule has 1 rings (SSSR count). The summed E-state index contributed by atoms with van der Waals surface area (Å²) in [6, 6.07) is 0. The number of halogens is 1. The third-order valence-corrected chi connectivity index (χ3v) is 1.20. The summed E-state index contributed by atoms with van der Waals surface area (Å²) < 4.78 is 12.4. The summed E-state index contributed by atoms with van der Waals surface area (Å²) in [5, 5.41) is 0. The Labute approximate surface area is 68.1 Å². The zero-order chi connectivity index (χ0) is 8.69. The molecule has 0 bridgehead atoms. The molecular weight excluding hydrogens is 139 g/mol. The molecule has 0 nitrogen and oxygen atoms in total. The lowest BCUT2D eigenvalue weighted by Crippen LogP contribution is -1.65. The Morgan fingerprint density at radius 2 is 2.00 bits per heavy atom. The van der Waals surface area contributed by atoms with Crippen LogP contribution in [-0.4, -0.2) is 0 Å². The summed E-state index contributed by atoms with van der Waals surface area (Å²) >= 11 is 0. The zero-order valence-electron chi connectivity index (χ0n) is 7.39. The molecule has 62 valence electrons. The van der Waals surface area contributed by atoms with Crippen LogP contribution in [0.1, 0.15) is 27.2 Å². The molecule has 0 aromatic carbocycles. The SMILES string of the molecule is CC.CC1=CC(F)=CCC=C1. The van der Waals surface area contributed by atoms with Crippen molar-refractivity contribution in [1.82, 2.24) is 0 Å². The second-order valence-corrected chi connectivity index (χ2v) is 2.12. The average molecular weight is 154 g/mol. The monoisotopic (exact) mass is 154 g/mol. The number of hydrogen-bond acceptors (Lipinski definition) is 0. The van der Waals surface area contributed by atoms with Gasteiger partial charge in [-0.05, 0) is 31.1 Å². The molecular formula is C10H15F. The summed E-state index contributed by atoms with van der Waals surface area (Å²) in [6.45, 7) is 5.88. The molecule has 0 spiro atoms. The van der Waals surface area contributed by atoms with Crippen LogP contribution < -0.4 is 0 Å². The molecule has 1 aliphatic rings. The fourth-order valence-electron chi connectivity index (χ4n) is 0.759. The smallest absolute Gasteiger partial charge is 0.119 e. The number of hydrogen-bond donors (Lipinski definition) is 0. The summed E-state index contributed by atoms with van der Waals surface area (Å²) in [5.41, 5.74) is 0.973. The van der Waals surface area contributed by atoms with Crippen LogP contribution in [0.15, 0.2) is 35.7 Å². The van der Waals surface area contributed by atoms with Crippen LogP contribution in [-0.2, 0) is 0 Å². The third-order valence-electron chi connectivity index (χ3n) is 1.20. The minimum atomic E-state index is -0.127. The Kier molecular flexibility index (Phi) is 5.44. The van der Waals surface area contributed by atoms with Crippen molar-refractivity contribution in [2.45, 2.75) is 27.2 Å². The highest BCUT2D eigenvalue weighted by Gasteiger charge is 1.91. The Balaban J connectivity index is 0.000000461. The van der Waals surface area contributed by atoms with E-state index in [1.54, 1.807) is 6.08 Å². The molecule has 0 heterocycles. The topological polar surface area (TPSA) is 0 Å². The van der Waals surface area contributed by atoms with E-state index in [2.05, 4.69) is 0 Å². The van der Waals surface area contributed by atoms with E-state index >= 15 is 0 Å². The van der Waals surface area contributed by atoms with Crippen LogP contribution in [0, 0.1) is 0 Å². The first kappa shape index (κ1) is 10.2. The van der Waals surface area contributed by atoms with Crippen molar-refractivity contribution in [3.05, 3.63) is 35.7 Å². The van der Waals surface area contributed by atoms with Gasteiger partial charge in [0.1, 0.15) is 5.83 Å². The third kappa shape index (κ3) is 4.54. The van der Waals surface area contributed by atoms with Crippen molar-refractivity contribution in [1.29, 1.82) is 0 Å². The largest absolute Gasteiger partial charge is 0.207 e. The maximum Gasteiger partial charge on any atom is 0.119 e. The van der Waals surface area contributed by atoms with Gasteiger partial charge in [-0.3, -0.25) is 0 Å². The molecule has 0 saturated carbocycles. The van der Waals surface area contributed by atoms with E-state index in [4.69, 9.17) is 0 Å². The van der Waals surface area contributed by atoms with Gasteiger partial charge in [0.05, 0.1) is 0 Å². The summed E-state index contributed by atoms with van der Waals surface area (Å²) in [6.07, 6.45) is 7.66. The minimum Gasteiger partial charge on any atom is -0.207 e. The molecule has 0 amide bonds. The van der Waals surface area contributed by atoms with Crippen molar-refractivity contribution in [3.8, 4) is 0 Å². The highest BCUT2D eigenvalue weighted by atomic mass is 19.1. The highest BCUT2D eigenvalue weighted by molar-refractivity contribution is 5.28. The van der Waals surface area contributed by atoms with Gasteiger partial charge in [-0.1, -0.05) is 26.0 Å². The predicted molar refractivity (Wildman–Crippen MR) is 48.1 cm³/mol. The fraction of sp³-hybridized carbons (Fsp3) is 0.400. The van der Waals surface area contributed by atoms with Gasteiger partial charge in [0.15, 0.2) is 0 Å². The van der Waals surface area contributed by atoms with Crippen molar-refractivity contribution in [2.75, 3.05) is 0 Å². The lowest BCUT2D eigenvalue weighted by atomic mass is 10.3. The first-order valence-corrected chi connectivity index (χ1v) is 3.99. The van der Waals surface area contributed by atoms with Gasteiger partial charge in [-0.25, -0.2) is 4.39 Å². The lowest BCUT2D eigenvalue weighted by molar-refractivity contribution is 0.662. The quantitative estimate of drug-likeness (QED) is 0.498. The predicted octanol–water partition coefficient (Wildman–Crippen LogP) is 3.77. The molecule has 0 N–H and O–H groups in total. The van der Waals surface area contributed by atoms with Crippen molar-refractivity contribution in [3.63, 3.8) is 0 Å². The van der Waals surface area contributed by atoms with Crippen molar-refractivity contribution < 1.29 is 4.39 Å². The molecule has 0 aromatic rings. The van der Waals surface area contributed by atoms with Crippen LogP contribution in [0.2, 0.25) is 0 Å². The van der Waals surface area contributed by atoms with Crippen molar-refractivity contribution in [2.24, 2.45) is 0 Å². The highest BCUT2D eigenvalue weighted by Crippen LogP contribution is 2.10. The van der Waals surface area contributed by atoms with E-state index < -0.39 is 0 Å². The van der Waals surface area contributed by atoms with Gasteiger partial charge in [-0.15, -0.1) is 0 Å². The molecule has 0 atom stereocenters. The molecule has 0 aromatic heterocycles. The van der Waals surface area contributed by atoms with Gasteiger partial charge in [-0.2, -0.15) is 0 Å². The minimum absolute atomic E-state index is 0.127. The van der Waals surface area contributed by atoms with Crippen LogP contribution in [0.3, 0.4) is 0 Å². The van der Waals surface area contributed by atoms with E-state index in [1.807, 2.05) is 32.9 Å². The Morgan fingerprint density at radius 1 is 1.36 bits per heavy atom. The van der Waals surface area contributed by atoms with Gasteiger partial charge < -0.3 is 0 Å². The molecule has 0 radical (unpaired) electrons. The lowest BCUT2D eigenvalue weighted by Gasteiger charge is -1.84. The van der Waals surface area contributed by atoms with E-state index in [-0.39, 0.29) is 5.83 Å². The van der Waals surface area contributed by atoms with Gasteiger partial charge in [0, 0.05) is 0 Å². The molecule has 1 aliphatic carbocycles. The van der Waals surface area contributed by atoms with Gasteiger partial charge in [0.25, 0.3) is 0 Å².